The highest BCUT2D eigenvalue weighted by atomic mass is 16.5. The van der Waals surface area contributed by atoms with E-state index in [1.54, 1.807) is 0 Å². The van der Waals surface area contributed by atoms with E-state index in [9.17, 15) is 0 Å². The Morgan fingerprint density at radius 3 is 2.47 bits per heavy atom. The molecular weight excluding hydrogens is 241 g/mol. The summed E-state index contributed by atoms with van der Waals surface area (Å²) in [5, 5.41) is 2.54. The van der Waals surface area contributed by atoms with Crippen molar-refractivity contribution < 1.29 is 14.2 Å². The van der Waals surface area contributed by atoms with Crippen LogP contribution in [0.1, 0.15) is 19.8 Å². The Hall–Kier alpha value is -1.20. The van der Waals surface area contributed by atoms with E-state index in [2.05, 4.69) is 12.2 Å². The first kappa shape index (κ1) is 15.9. The predicted molar refractivity (Wildman–Crippen MR) is 76.9 cm³/mol. The minimum absolute atomic E-state index is 0.528. The van der Waals surface area contributed by atoms with E-state index in [1.807, 2.05) is 24.3 Å². The van der Waals surface area contributed by atoms with Crippen LogP contribution in [-0.4, -0.2) is 41.0 Å². The lowest BCUT2D eigenvalue weighted by atomic mass is 10.3. The van der Waals surface area contributed by atoms with Gasteiger partial charge in [0.05, 0.1) is 13.2 Å². The van der Waals surface area contributed by atoms with Gasteiger partial charge in [0.2, 0.25) is 0 Å². The van der Waals surface area contributed by atoms with Crippen molar-refractivity contribution in [3.8, 4) is 11.5 Å². The largest absolute Gasteiger partial charge is 0.492 e. The third-order valence-electron chi connectivity index (χ3n) is 2.46. The van der Waals surface area contributed by atoms with E-state index >= 15 is 0 Å². The number of ether oxygens (including phenoxy) is 3. The first-order valence-electron chi connectivity index (χ1n) is 6.73. The van der Waals surface area contributed by atoms with Crippen molar-refractivity contribution in [2.24, 2.45) is 0 Å². The van der Waals surface area contributed by atoms with Crippen LogP contribution in [0.15, 0.2) is 24.3 Å². The lowest BCUT2D eigenvalue weighted by molar-refractivity contribution is 0.0979. The molecule has 1 N–H and O–H groups in total. The Morgan fingerprint density at radius 1 is 1.05 bits per heavy atom. The van der Waals surface area contributed by atoms with Crippen LogP contribution in [0.5, 0.6) is 11.5 Å². The Kier molecular flexibility index (Phi) is 8.93. The predicted octanol–water partition coefficient (Wildman–Crippen LogP) is 1.93. The molecule has 0 atom stereocenters. The van der Waals surface area contributed by atoms with E-state index < -0.39 is 0 Å². The van der Waals surface area contributed by atoms with Crippen LogP contribution in [0, 0.1) is 0 Å². The molecule has 0 aliphatic heterocycles. The summed E-state index contributed by atoms with van der Waals surface area (Å²) < 4.78 is 16.5. The second kappa shape index (κ2) is 10.7. The monoisotopic (exact) mass is 263 g/mol. The standard InChI is InChI=1S/C14H22BNO3/c1-2-3-8-17-10-11-19-14-6-4-5-13(12-14)18-9-7-16-15/h4-6,12,16H,2-3,7-11H2,1H3. The average molecular weight is 263 g/mol. The maximum Gasteiger partial charge on any atom is 0.177 e. The van der Waals surface area contributed by atoms with Gasteiger partial charge in [-0.3, -0.25) is 0 Å². The summed E-state index contributed by atoms with van der Waals surface area (Å²) in [5.41, 5.74) is 0. The normalized spacial score (nSPS) is 10.4. The molecule has 104 valence electrons. The zero-order chi connectivity index (χ0) is 13.8. The van der Waals surface area contributed by atoms with Crippen LogP contribution in [0.25, 0.3) is 0 Å². The smallest absolute Gasteiger partial charge is 0.177 e. The highest BCUT2D eigenvalue weighted by Crippen LogP contribution is 2.19. The van der Waals surface area contributed by atoms with Gasteiger partial charge in [-0.1, -0.05) is 19.4 Å². The number of hydrogen-bond acceptors (Lipinski definition) is 4. The summed E-state index contributed by atoms with van der Waals surface area (Å²) in [7, 11) is 5.17. The highest BCUT2D eigenvalue weighted by Gasteiger charge is 1.98. The minimum atomic E-state index is 0.528. The Labute approximate surface area is 116 Å². The van der Waals surface area contributed by atoms with Crippen molar-refractivity contribution in [3.63, 3.8) is 0 Å². The van der Waals surface area contributed by atoms with Crippen LogP contribution in [0.2, 0.25) is 0 Å². The van der Waals surface area contributed by atoms with Crippen LogP contribution in [0.3, 0.4) is 0 Å². The number of unbranched alkanes of at least 4 members (excludes halogenated alkanes) is 1. The van der Waals surface area contributed by atoms with Gasteiger partial charge in [-0.05, 0) is 18.6 Å². The molecule has 2 radical (unpaired) electrons. The van der Waals surface area contributed by atoms with Gasteiger partial charge in [-0.15, -0.1) is 0 Å². The topological polar surface area (TPSA) is 39.7 Å². The number of hydrogen-bond donors (Lipinski definition) is 1. The molecule has 1 aromatic carbocycles. The summed E-state index contributed by atoms with van der Waals surface area (Å²) in [6, 6.07) is 7.56. The average Bonchev–Trinajstić information content (AvgIpc) is 2.43. The molecule has 4 nitrogen and oxygen atoms in total. The molecule has 0 fully saturated rings. The minimum Gasteiger partial charge on any atom is -0.492 e. The van der Waals surface area contributed by atoms with E-state index in [-0.39, 0.29) is 0 Å². The van der Waals surface area contributed by atoms with Crippen molar-refractivity contribution >= 4 is 7.98 Å². The Bertz CT molecular complexity index is 336. The first-order chi connectivity index (χ1) is 9.36. The maximum absolute atomic E-state index is 5.59. The molecule has 0 aliphatic rings. The summed E-state index contributed by atoms with van der Waals surface area (Å²) >= 11 is 0. The zero-order valence-corrected chi connectivity index (χ0v) is 11.6. The van der Waals surface area contributed by atoms with E-state index in [1.165, 1.54) is 0 Å². The molecule has 19 heavy (non-hydrogen) atoms. The maximum atomic E-state index is 5.59. The van der Waals surface area contributed by atoms with Gasteiger partial charge < -0.3 is 19.4 Å². The molecule has 0 spiro atoms. The number of nitrogens with one attached hydrogen (secondary N) is 1. The second-order valence-corrected chi connectivity index (χ2v) is 4.09. The SMILES string of the molecule is [B]NCCOc1cccc(OCCOCCCC)c1. The van der Waals surface area contributed by atoms with Gasteiger partial charge in [-0.25, -0.2) is 0 Å². The van der Waals surface area contributed by atoms with Gasteiger partial charge in [0.15, 0.2) is 7.98 Å². The summed E-state index contributed by atoms with van der Waals surface area (Å²) in [4.78, 5) is 0. The molecule has 0 unspecified atom stereocenters. The quantitative estimate of drug-likeness (QED) is 0.489. The molecule has 0 heterocycles. The van der Waals surface area contributed by atoms with Gasteiger partial charge in [0.1, 0.15) is 18.1 Å². The highest BCUT2D eigenvalue weighted by molar-refractivity contribution is 6.04. The second-order valence-electron chi connectivity index (χ2n) is 4.09. The lowest BCUT2D eigenvalue weighted by Crippen LogP contribution is -2.17. The summed E-state index contributed by atoms with van der Waals surface area (Å²) in [5.74, 6) is 1.57. The van der Waals surface area contributed by atoms with Crippen molar-refractivity contribution in [2.75, 3.05) is 33.0 Å². The van der Waals surface area contributed by atoms with Crippen LogP contribution in [-0.2, 0) is 4.74 Å². The van der Waals surface area contributed by atoms with Gasteiger partial charge >= 0.3 is 0 Å². The molecule has 0 bridgehead atoms. The van der Waals surface area contributed by atoms with Crippen LogP contribution < -0.4 is 14.7 Å². The number of benzene rings is 1. The zero-order valence-electron chi connectivity index (χ0n) is 11.6. The van der Waals surface area contributed by atoms with Gasteiger partial charge in [0.25, 0.3) is 0 Å². The molecular formula is C14H22BNO3. The van der Waals surface area contributed by atoms with Crippen LogP contribution in [0.4, 0.5) is 0 Å². The first-order valence-corrected chi connectivity index (χ1v) is 6.73. The Morgan fingerprint density at radius 2 is 1.79 bits per heavy atom. The van der Waals surface area contributed by atoms with Crippen molar-refractivity contribution in [2.45, 2.75) is 19.8 Å². The molecule has 0 saturated heterocycles. The van der Waals surface area contributed by atoms with Crippen molar-refractivity contribution in [3.05, 3.63) is 24.3 Å². The number of rotatable bonds is 11. The molecule has 1 aromatic rings. The molecule has 5 heteroatoms. The lowest BCUT2D eigenvalue weighted by Gasteiger charge is -2.09. The van der Waals surface area contributed by atoms with Crippen LogP contribution >= 0.6 is 0 Å². The van der Waals surface area contributed by atoms with E-state index in [0.29, 0.717) is 26.4 Å². The third-order valence-corrected chi connectivity index (χ3v) is 2.46. The fourth-order valence-corrected chi connectivity index (χ4v) is 1.45. The molecule has 0 amide bonds. The van der Waals surface area contributed by atoms with E-state index in [0.717, 1.165) is 30.9 Å². The van der Waals surface area contributed by atoms with E-state index in [4.69, 9.17) is 22.2 Å². The molecule has 0 saturated carbocycles. The summed E-state index contributed by atoms with van der Waals surface area (Å²) in [6.45, 7) is 5.25. The Balaban J connectivity index is 2.20. The summed E-state index contributed by atoms with van der Waals surface area (Å²) in [6.07, 6.45) is 2.25. The van der Waals surface area contributed by atoms with Gasteiger partial charge in [-0.2, -0.15) is 0 Å². The fourth-order valence-electron chi connectivity index (χ4n) is 1.45. The van der Waals surface area contributed by atoms with Gasteiger partial charge in [0, 0.05) is 19.2 Å². The third kappa shape index (κ3) is 7.75. The van der Waals surface area contributed by atoms with Crippen molar-refractivity contribution in [1.82, 2.24) is 5.23 Å². The fraction of sp³-hybridized carbons (Fsp3) is 0.571. The molecule has 0 aliphatic carbocycles. The molecule has 0 aromatic heterocycles. The molecule has 1 rings (SSSR count). The van der Waals surface area contributed by atoms with Crippen molar-refractivity contribution in [1.29, 1.82) is 0 Å².